The molecule has 7 nitrogen and oxygen atoms in total. The minimum Gasteiger partial charge on any atom is -0.481 e. The molecule has 0 aromatic carbocycles. The molecule has 0 saturated carbocycles. The van der Waals surface area contributed by atoms with Crippen molar-refractivity contribution in [3.8, 4) is 0 Å². The summed E-state index contributed by atoms with van der Waals surface area (Å²) in [6, 6.07) is 0. The number of nitrogens with zero attached hydrogens (tertiary/aromatic N) is 1. The standard InChI is InChI=1S/C12H18F3NO6S/c1-3-22-9(17)6-8(12(13,14)15)23(20,21)16-5-4-11(2,7-16)10(18)19/h8H,3-7H2,1-2H3,(H,18,19). The van der Waals surface area contributed by atoms with Crippen LogP contribution in [0.3, 0.4) is 0 Å². The molecular formula is C12H18F3NO6S. The van der Waals surface area contributed by atoms with Gasteiger partial charge in [0.15, 0.2) is 5.25 Å². The van der Waals surface area contributed by atoms with Gasteiger partial charge in [-0.1, -0.05) is 0 Å². The zero-order valence-corrected chi connectivity index (χ0v) is 13.4. The van der Waals surface area contributed by atoms with E-state index in [1.54, 1.807) is 0 Å². The van der Waals surface area contributed by atoms with Crippen molar-refractivity contribution in [3.63, 3.8) is 0 Å². The monoisotopic (exact) mass is 361 g/mol. The highest BCUT2D eigenvalue weighted by Crippen LogP contribution is 2.37. The number of sulfonamides is 1. The van der Waals surface area contributed by atoms with Gasteiger partial charge in [0.1, 0.15) is 0 Å². The molecule has 0 spiro atoms. The Labute approximate surface area is 131 Å². The van der Waals surface area contributed by atoms with Gasteiger partial charge in [-0.15, -0.1) is 0 Å². The molecule has 2 atom stereocenters. The summed E-state index contributed by atoms with van der Waals surface area (Å²) in [4.78, 5) is 22.4. The Hall–Kier alpha value is -1.36. The molecular weight excluding hydrogens is 343 g/mol. The highest BCUT2D eigenvalue weighted by Gasteiger charge is 2.55. The Morgan fingerprint density at radius 2 is 1.96 bits per heavy atom. The quantitative estimate of drug-likeness (QED) is 0.708. The number of carbonyl (C=O) groups is 2. The predicted molar refractivity (Wildman–Crippen MR) is 71.9 cm³/mol. The lowest BCUT2D eigenvalue weighted by Crippen LogP contribution is -2.47. The maximum atomic E-state index is 13.1. The van der Waals surface area contributed by atoms with Crippen LogP contribution in [0.15, 0.2) is 0 Å². The number of carboxylic acids is 1. The smallest absolute Gasteiger partial charge is 0.407 e. The van der Waals surface area contributed by atoms with Crippen molar-refractivity contribution in [1.29, 1.82) is 0 Å². The van der Waals surface area contributed by atoms with Crippen LogP contribution in [0.2, 0.25) is 0 Å². The van der Waals surface area contributed by atoms with E-state index in [1.165, 1.54) is 13.8 Å². The summed E-state index contributed by atoms with van der Waals surface area (Å²) in [6.45, 7) is 1.55. The van der Waals surface area contributed by atoms with E-state index in [9.17, 15) is 31.2 Å². The second-order valence-electron chi connectivity index (χ2n) is 5.53. The maximum Gasteiger partial charge on any atom is 0.407 e. The van der Waals surface area contributed by atoms with E-state index in [2.05, 4.69) is 4.74 Å². The molecule has 1 heterocycles. The van der Waals surface area contributed by atoms with E-state index >= 15 is 0 Å². The number of esters is 1. The van der Waals surface area contributed by atoms with E-state index in [0.29, 0.717) is 4.31 Å². The topological polar surface area (TPSA) is 101 Å². The van der Waals surface area contributed by atoms with E-state index in [1.807, 2.05) is 0 Å². The average molecular weight is 361 g/mol. The Kier molecular flexibility index (Phi) is 5.68. The normalized spacial score (nSPS) is 24.4. The van der Waals surface area contributed by atoms with Crippen molar-refractivity contribution in [2.24, 2.45) is 5.41 Å². The van der Waals surface area contributed by atoms with Crippen LogP contribution in [0.5, 0.6) is 0 Å². The van der Waals surface area contributed by atoms with Crippen molar-refractivity contribution in [2.45, 2.75) is 38.1 Å². The highest BCUT2D eigenvalue weighted by molar-refractivity contribution is 7.89. The van der Waals surface area contributed by atoms with Gasteiger partial charge in [-0.3, -0.25) is 9.59 Å². The number of carbonyl (C=O) groups excluding carboxylic acids is 1. The summed E-state index contributed by atoms with van der Waals surface area (Å²) >= 11 is 0. The van der Waals surface area contributed by atoms with Crippen molar-refractivity contribution in [1.82, 2.24) is 4.31 Å². The molecule has 134 valence electrons. The van der Waals surface area contributed by atoms with Gasteiger partial charge >= 0.3 is 18.1 Å². The van der Waals surface area contributed by atoms with Crippen LogP contribution >= 0.6 is 0 Å². The van der Waals surface area contributed by atoms with E-state index in [-0.39, 0.29) is 19.6 Å². The third-order valence-corrected chi connectivity index (χ3v) is 5.88. The molecule has 1 rings (SSSR count). The fourth-order valence-electron chi connectivity index (χ4n) is 2.25. The summed E-state index contributed by atoms with van der Waals surface area (Å²) in [6.07, 6.45) is -6.64. The molecule has 0 aromatic heterocycles. The largest absolute Gasteiger partial charge is 0.481 e. The second-order valence-corrected chi connectivity index (χ2v) is 7.65. The first-order valence-corrected chi connectivity index (χ1v) is 8.29. The number of halogens is 3. The van der Waals surface area contributed by atoms with Crippen LogP contribution in [0.4, 0.5) is 13.2 Å². The van der Waals surface area contributed by atoms with Gasteiger partial charge in [0, 0.05) is 13.1 Å². The molecule has 0 aliphatic carbocycles. The summed E-state index contributed by atoms with van der Waals surface area (Å²) in [5.74, 6) is -2.57. The molecule has 0 bridgehead atoms. The fraction of sp³-hybridized carbons (Fsp3) is 0.833. The van der Waals surface area contributed by atoms with Crippen molar-refractivity contribution >= 4 is 22.0 Å². The van der Waals surface area contributed by atoms with Crippen LogP contribution in [0, 0.1) is 5.41 Å². The highest BCUT2D eigenvalue weighted by atomic mass is 32.2. The Balaban J connectivity index is 3.06. The van der Waals surface area contributed by atoms with Gasteiger partial charge < -0.3 is 9.84 Å². The molecule has 1 aliphatic rings. The molecule has 0 aromatic rings. The van der Waals surface area contributed by atoms with E-state index < -0.39 is 51.8 Å². The minimum absolute atomic E-state index is 0.106. The molecule has 23 heavy (non-hydrogen) atoms. The number of hydrogen-bond acceptors (Lipinski definition) is 5. The fourth-order valence-corrected chi connectivity index (χ4v) is 4.11. The van der Waals surface area contributed by atoms with Gasteiger partial charge in [0.2, 0.25) is 10.0 Å². The Morgan fingerprint density at radius 1 is 1.39 bits per heavy atom. The molecule has 1 saturated heterocycles. The minimum atomic E-state index is -5.17. The number of ether oxygens (including phenoxy) is 1. The van der Waals surface area contributed by atoms with Crippen molar-refractivity contribution in [2.75, 3.05) is 19.7 Å². The van der Waals surface area contributed by atoms with Crippen LogP contribution in [0.25, 0.3) is 0 Å². The first-order chi connectivity index (χ1) is 10.3. The van der Waals surface area contributed by atoms with Crippen LogP contribution < -0.4 is 0 Å². The molecule has 1 N–H and O–H groups in total. The number of alkyl halides is 3. The summed E-state index contributed by atoms with van der Waals surface area (Å²) in [5, 5.41) is 6.10. The van der Waals surface area contributed by atoms with E-state index in [4.69, 9.17) is 5.11 Å². The summed E-state index contributed by atoms with van der Waals surface area (Å²) in [5.41, 5.74) is -1.45. The summed E-state index contributed by atoms with van der Waals surface area (Å²) in [7, 11) is -4.93. The number of aliphatic carboxylic acids is 1. The van der Waals surface area contributed by atoms with Gasteiger partial charge in [-0.25, -0.2) is 12.7 Å². The average Bonchev–Trinajstić information content (AvgIpc) is 2.80. The third kappa shape index (κ3) is 4.34. The zero-order valence-electron chi connectivity index (χ0n) is 12.6. The molecule has 1 fully saturated rings. The SMILES string of the molecule is CCOC(=O)CC(C(F)(F)F)S(=O)(=O)N1CCC(C)(C(=O)O)C1. The first-order valence-electron chi connectivity index (χ1n) is 6.79. The van der Waals surface area contributed by atoms with Gasteiger partial charge in [-0.2, -0.15) is 13.2 Å². The Bertz CT molecular complexity index is 576. The van der Waals surface area contributed by atoms with Crippen LogP contribution in [-0.2, 0) is 24.3 Å². The first kappa shape index (κ1) is 19.7. The number of carboxylic acid groups (broad SMARTS) is 1. The lowest BCUT2D eigenvalue weighted by Gasteiger charge is -2.26. The lowest BCUT2D eigenvalue weighted by atomic mass is 9.90. The number of rotatable bonds is 6. The van der Waals surface area contributed by atoms with Gasteiger partial charge in [0.25, 0.3) is 0 Å². The second kappa shape index (κ2) is 6.63. The van der Waals surface area contributed by atoms with Crippen molar-refractivity contribution in [3.05, 3.63) is 0 Å². The summed E-state index contributed by atoms with van der Waals surface area (Å²) < 4.78 is 68.6. The molecule has 11 heteroatoms. The molecule has 1 aliphatic heterocycles. The predicted octanol–water partition coefficient (Wildman–Crippen LogP) is 0.997. The van der Waals surface area contributed by atoms with Crippen LogP contribution in [0.1, 0.15) is 26.7 Å². The van der Waals surface area contributed by atoms with Gasteiger partial charge in [-0.05, 0) is 20.3 Å². The lowest BCUT2D eigenvalue weighted by molar-refractivity contribution is -0.155. The van der Waals surface area contributed by atoms with Crippen LogP contribution in [-0.4, -0.2) is 60.9 Å². The maximum absolute atomic E-state index is 13.1. The molecule has 2 unspecified atom stereocenters. The third-order valence-electron chi connectivity index (χ3n) is 3.70. The molecule has 0 radical (unpaired) electrons. The van der Waals surface area contributed by atoms with E-state index in [0.717, 1.165) is 0 Å². The number of hydrogen-bond donors (Lipinski definition) is 1. The zero-order chi connectivity index (χ0) is 18.1. The van der Waals surface area contributed by atoms with Gasteiger partial charge in [0.05, 0.1) is 18.4 Å². The van der Waals surface area contributed by atoms with Crippen molar-refractivity contribution < 1.29 is 41.0 Å². The molecule has 0 amide bonds. The Morgan fingerprint density at radius 3 is 2.35 bits per heavy atom.